The minimum atomic E-state index is -0.165. The number of hydrogen-bond donors (Lipinski definition) is 0. The van der Waals surface area contributed by atoms with E-state index in [2.05, 4.69) is 0 Å². The van der Waals surface area contributed by atoms with Crippen molar-refractivity contribution in [1.29, 1.82) is 0 Å². The zero-order valence-corrected chi connectivity index (χ0v) is 7.82. The Balaban J connectivity index is 2.01. The Kier molecular flexibility index (Phi) is 1.58. The molecule has 0 aromatic carbocycles. The van der Waals surface area contributed by atoms with Gasteiger partial charge in [-0.25, -0.2) is 0 Å². The zero-order chi connectivity index (χ0) is 6.27. The fourth-order valence-corrected chi connectivity index (χ4v) is 4.98. The van der Waals surface area contributed by atoms with E-state index in [0.717, 1.165) is 17.4 Å². The molecule has 2 saturated carbocycles. The molecule has 0 saturated heterocycles. The highest BCUT2D eigenvalue weighted by atomic mass is 35.6. The summed E-state index contributed by atoms with van der Waals surface area (Å²) in [7, 11) is -0.165. The highest BCUT2D eigenvalue weighted by Crippen LogP contribution is 2.51. The quantitative estimate of drug-likeness (QED) is 0.406. The molecule has 3 atom stereocenters. The van der Waals surface area contributed by atoms with Crippen LogP contribution in [0.3, 0.4) is 0 Å². The SMILES string of the molecule is Cl[SiH2]C1CC2CCC1C2. The van der Waals surface area contributed by atoms with E-state index in [1.807, 2.05) is 0 Å². The average Bonchev–Trinajstić information content (AvgIpc) is 2.45. The monoisotopic (exact) mass is 160 g/mol. The second kappa shape index (κ2) is 2.28. The Morgan fingerprint density at radius 2 is 2.11 bits per heavy atom. The van der Waals surface area contributed by atoms with Gasteiger partial charge in [0.05, 0.1) is 0 Å². The molecule has 0 N–H and O–H groups in total. The van der Waals surface area contributed by atoms with Crippen molar-refractivity contribution in [1.82, 2.24) is 0 Å². The van der Waals surface area contributed by atoms with E-state index >= 15 is 0 Å². The van der Waals surface area contributed by atoms with E-state index in [1.54, 1.807) is 0 Å². The van der Waals surface area contributed by atoms with Gasteiger partial charge in [0.1, 0.15) is 8.83 Å². The van der Waals surface area contributed by atoms with Crippen molar-refractivity contribution in [2.75, 3.05) is 0 Å². The zero-order valence-electron chi connectivity index (χ0n) is 5.65. The highest BCUT2D eigenvalue weighted by molar-refractivity contribution is 6.94. The standard InChI is InChI=1S/C7H13ClSi/c8-9-7-4-5-1-2-6(7)3-5/h5-7H,1-4,9H2. The molecular formula is C7H13ClSi. The van der Waals surface area contributed by atoms with Crippen molar-refractivity contribution in [3.63, 3.8) is 0 Å². The first kappa shape index (κ1) is 6.23. The van der Waals surface area contributed by atoms with E-state index in [-0.39, 0.29) is 8.83 Å². The first-order valence-electron chi connectivity index (χ1n) is 3.96. The maximum absolute atomic E-state index is 5.94. The third kappa shape index (κ3) is 0.947. The molecule has 52 valence electrons. The van der Waals surface area contributed by atoms with Gasteiger partial charge in [0, 0.05) is 0 Å². The Morgan fingerprint density at radius 1 is 1.22 bits per heavy atom. The molecule has 3 unspecified atom stereocenters. The summed E-state index contributed by atoms with van der Waals surface area (Å²) >= 11 is 5.94. The summed E-state index contributed by atoms with van der Waals surface area (Å²) in [5.74, 6) is 2.19. The average molecular weight is 161 g/mol. The van der Waals surface area contributed by atoms with Crippen molar-refractivity contribution in [2.24, 2.45) is 11.8 Å². The maximum Gasteiger partial charge on any atom is 0.128 e. The summed E-state index contributed by atoms with van der Waals surface area (Å²) in [4.78, 5) is 0. The van der Waals surface area contributed by atoms with E-state index in [4.69, 9.17) is 11.1 Å². The van der Waals surface area contributed by atoms with Crippen LogP contribution in [0.25, 0.3) is 0 Å². The first-order valence-corrected chi connectivity index (χ1v) is 6.91. The normalized spacial score (nSPS) is 49.7. The summed E-state index contributed by atoms with van der Waals surface area (Å²) in [6, 6.07) is 0. The summed E-state index contributed by atoms with van der Waals surface area (Å²) in [5.41, 5.74) is 1.03. The van der Waals surface area contributed by atoms with Gasteiger partial charge in [0.2, 0.25) is 0 Å². The van der Waals surface area contributed by atoms with Gasteiger partial charge in [-0.1, -0.05) is 12.8 Å². The molecule has 0 aliphatic heterocycles. The van der Waals surface area contributed by atoms with E-state index < -0.39 is 0 Å². The van der Waals surface area contributed by atoms with Crippen LogP contribution in [0.15, 0.2) is 0 Å². The number of halogens is 1. The summed E-state index contributed by atoms with van der Waals surface area (Å²) in [6.07, 6.45) is 6.06. The van der Waals surface area contributed by atoms with E-state index in [1.165, 1.54) is 25.7 Å². The minimum absolute atomic E-state index is 0.165. The lowest BCUT2D eigenvalue weighted by atomic mass is 10.0. The Morgan fingerprint density at radius 3 is 2.44 bits per heavy atom. The lowest BCUT2D eigenvalue weighted by molar-refractivity contribution is 0.479. The van der Waals surface area contributed by atoms with Crippen LogP contribution in [-0.2, 0) is 0 Å². The van der Waals surface area contributed by atoms with E-state index in [0.29, 0.717) is 0 Å². The van der Waals surface area contributed by atoms with Gasteiger partial charge in [-0.15, -0.1) is 0 Å². The van der Waals surface area contributed by atoms with Crippen molar-refractivity contribution >= 4 is 19.9 Å². The fraction of sp³-hybridized carbons (Fsp3) is 1.00. The van der Waals surface area contributed by atoms with Crippen LogP contribution < -0.4 is 0 Å². The maximum atomic E-state index is 5.94. The molecule has 2 fully saturated rings. The predicted molar refractivity (Wildman–Crippen MR) is 43.6 cm³/mol. The number of fused-ring (bicyclic) bond motifs is 2. The third-order valence-electron chi connectivity index (χ3n) is 3.08. The van der Waals surface area contributed by atoms with Crippen LogP contribution in [0.5, 0.6) is 0 Å². The smallest absolute Gasteiger partial charge is 0.128 e. The molecule has 0 radical (unpaired) electrons. The van der Waals surface area contributed by atoms with Crippen molar-refractivity contribution in [2.45, 2.75) is 31.2 Å². The third-order valence-corrected chi connectivity index (χ3v) is 5.67. The van der Waals surface area contributed by atoms with Gasteiger partial charge < -0.3 is 0 Å². The highest BCUT2D eigenvalue weighted by Gasteiger charge is 2.38. The van der Waals surface area contributed by atoms with Gasteiger partial charge in [-0.05, 0) is 30.2 Å². The number of hydrogen-bond acceptors (Lipinski definition) is 0. The van der Waals surface area contributed by atoms with Crippen LogP contribution in [-0.4, -0.2) is 8.83 Å². The second-order valence-electron chi connectivity index (χ2n) is 3.59. The van der Waals surface area contributed by atoms with Gasteiger partial charge in [0.25, 0.3) is 0 Å². The van der Waals surface area contributed by atoms with Crippen LogP contribution in [0.4, 0.5) is 0 Å². The fourth-order valence-electron chi connectivity index (χ4n) is 2.57. The molecule has 0 aromatic heterocycles. The van der Waals surface area contributed by atoms with Crippen LogP contribution >= 0.6 is 11.1 Å². The topological polar surface area (TPSA) is 0 Å². The van der Waals surface area contributed by atoms with Gasteiger partial charge in [-0.3, -0.25) is 0 Å². The van der Waals surface area contributed by atoms with Gasteiger partial charge in [0.15, 0.2) is 0 Å². The molecule has 2 aliphatic rings. The molecule has 2 heteroatoms. The number of rotatable bonds is 1. The molecule has 0 spiro atoms. The molecule has 0 aromatic rings. The molecule has 9 heavy (non-hydrogen) atoms. The molecular weight excluding hydrogens is 148 g/mol. The minimum Gasteiger partial charge on any atom is -0.176 e. The summed E-state index contributed by atoms with van der Waals surface area (Å²) < 4.78 is 0. The first-order chi connectivity index (χ1) is 4.40. The Hall–Kier alpha value is 0.507. The molecule has 2 aliphatic carbocycles. The largest absolute Gasteiger partial charge is 0.176 e. The lowest BCUT2D eigenvalue weighted by Gasteiger charge is -2.17. The summed E-state index contributed by atoms with van der Waals surface area (Å²) in [6.45, 7) is 0. The Bertz CT molecular complexity index is 115. The molecule has 0 nitrogen and oxygen atoms in total. The van der Waals surface area contributed by atoms with E-state index in [9.17, 15) is 0 Å². The molecule has 2 rings (SSSR count). The molecule has 0 amide bonds. The van der Waals surface area contributed by atoms with Crippen molar-refractivity contribution in [3.05, 3.63) is 0 Å². The van der Waals surface area contributed by atoms with Crippen LogP contribution in [0.1, 0.15) is 25.7 Å². The van der Waals surface area contributed by atoms with Crippen LogP contribution in [0.2, 0.25) is 5.54 Å². The van der Waals surface area contributed by atoms with Crippen molar-refractivity contribution in [3.8, 4) is 0 Å². The van der Waals surface area contributed by atoms with Crippen LogP contribution in [0, 0.1) is 11.8 Å². The molecule has 2 bridgehead atoms. The van der Waals surface area contributed by atoms with Crippen molar-refractivity contribution < 1.29 is 0 Å². The Labute approximate surface area is 63.5 Å². The predicted octanol–water partition coefficient (Wildman–Crippen LogP) is 1.92. The summed E-state index contributed by atoms with van der Waals surface area (Å²) in [5, 5.41) is 0. The molecule has 0 heterocycles. The second-order valence-corrected chi connectivity index (χ2v) is 5.87. The van der Waals surface area contributed by atoms with Gasteiger partial charge >= 0.3 is 0 Å². The van der Waals surface area contributed by atoms with Gasteiger partial charge in [-0.2, -0.15) is 11.1 Å². The lowest BCUT2D eigenvalue weighted by Crippen LogP contribution is -2.07.